The number of carbonyl (C=O) groups is 1. The second-order valence-electron chi connectivity index (χ2n) is 4.35. The number of fused-ring (bicyclic) bond motifs is 2. The van der Waals surface area contributed by atoms with Crippen LogP contribution in [0.4, 0.5) is 0 Å². The number of hydrogen-bond acceptors (Lipinski definition) is 3. The second kappa shape index (κ2) is 3.51. The Hall–Kier alpha value is -0.610. The number of ether oxygens (including phenoxy) is 1. The van der Waals surface area contributed by atoms with Crippen LogP contribution in [0.25, 0.3) is 0 Å². The summed E-state index contributed by atoms with van der Waals surface area (Å²) in [6.07, 6.45) is 3.72. The van der Waals surface area contributed by atoms with Gasteiger partial charge in [-0.05, 0) is 37.5 Å². The molecule has 2 saturated carbocycles. The Morgan fingerprint density at radius 1 is 1.50 bits per heavy atom. The first-order valence-corrected chi connectivity index (χ1v) is 5.17. The molecule has 2 rings (SSSR count). The van der Waals surface area contributed by atoms with Gasteiger partial charge in [-0.1, -0.05) is 0 Å². The predicted octanol–water partition coefficient (Wildman–Crippen LogP) is 0.639. The molecule has 0 spiro atoms. The number of rotatable bonds is 4. The molecule has 0 heterocycles. The molecule has 2 fully saturated rings. The van der Waals surface area contributed by atoms with Crippen molar-refractivity contribution in [3.05, 3.63) is 0 Å². The maximum absolute atomic E-state index is 11.2. The molecule has 0 aromatic heterocycles. The fourth-order valence-corrected chi connectivity index (χ4v) is 3.01. The number of hydrogen-bond donors (Lipinski definition) is 2. The van der Waals surface area contributed by atoms with Crippen LogP contribution in [0.2, 0.25) is 0 Å². The van der Waals surface area contributed by atoms with Gasteiger partial charge >= 0.3 is 5.97 Å². The lowest BCUT2D eigenvalue weighted by atomic mass is 9.84. The Morgan fingerprint density at radius 2 is 2.29 bits per heavy atom. The summed E-state index contributed by atoms with van der Waals surface area (Å²) in [7, 11) is 0. The Kier molecular flexibility index (Phi) is 2.49. The molecular weight excluding hydrogens is 184 g/mol. The van der Waals surface area contributed by atoms with Gasteiger partial charge in [0.25, 0.3) is 0 Å². The van der Waals surface area contributed by atoms with Gasteiger partial charge < -0.3 is 14.9 Å². The molecule has 0 aromatic carbocycles. The van der Waals surface area contributed by atoms with Crippen molar-refractivity contribution in [2.75, 3.05) is 13.2 Å². The second-order valence-corrected chi connectivity index (χ2v) is 4.35. The molecule has 3 unspecified atom stereocenters. The summed E-state index contributed by atoms with van der Waals surface area (Å²) in [4.78, 5) is 11.2. The van der Waals surface area contributed by atoms with E-state index in [4.69, 9.17) is 9.84 Å². The van der Waals surface area contributed by atoms with E-state index in [0.29, 0.717) is 12.3 Å². The summed E-state index contributed by atoms with van der Waals surface area (Å²) in [5.41, 5.74) is -0.981. The number of aliphatic hydroxyl groups is 1. The topological polar surface area (TPSA) is 66.8 Å². The molecule has 80 valence electrons. The van der Waals surface area contributed by atoms with Crippen LogP contribution in [0.1, 0.15) is 25.7 Å². The minimum Gasteiger partial charge on any atom is -0.479 e. The summed E-state index contributed by atoms with van der Waals surface area (Å²) in [6.45, 7) is 0.0297. The molecule has 2 aliphatic carbocycles. The zero-order chi connectivity index (χ0) is 10.2. The summed E-state index contributed by atoms with van der Waals surface area (Å²) < 4.78 is 5.39. The van der Waals surface area contributed by atoms with E-state index >= 15 is 0 Å². The van der Waals surface area contributed by atoms with E-state index in [1.54, 1.807) is 0 Å². The van der Waals surface area contributed by atoms with Crippen LogP contribution < -0.4 is 0 Å². The molecule has 2 aliphatic rings. The average Bonchev–Trinajstić information content (AvgIpc) is 2.74. The predicted molar refractivity (Wildman–Crippen MR) is 48.9 cm³/mol. The van der Waals surface area contributed by atoms with Gasteiger partial charge in [-0.25, -0.2) is 4.79 Å². The molecule has 2 bridgehead atoms. The Labute approximate surface area is 82.9 Å². The molecule has 0 radical (unpaired) electrons. The molecule has 2 N–H and O–H groups in total. The largest absolute Gasteiger partial charge is 0.479 e. The zero-order valence-electron chi connectivity index (χ0n) is 8.11. The van der Waals surface area contributed by atoms with Gasteiger partial charge in [0.2, 0.25) is 0 Å². The number of aliphatic hydroxyl groups excluding tert-OH is 1. The van der Waals surface area contributed by atoms with E-state index in [-0.39, 0.29) is 19.1 Å². The van der Waals surface area contributed by atoms with Crippen LogP contribution in [0, 0.1) is 11.8 Å². The van der Waals surface area contributed by atoms with Gasteiger partial charge in [-0.3, -0.25) is 0 Å². The Morgan fingerprint density at radius 3 is 2.71 bits per heavy atom. The van der Waals surface area contributed by atoms with E-state index in [9.17, 15) is 9.90 Å². The maximum Gasteiger partial charge on any atom is 0.336 e. The van der Waals surface area contributed by atoms with Crippen LogP contribution >= 0.6 is 0 Å². The van der Waals surface area contributed by atoms with Crippen LogP contribution in [0.5, 0.6) is 0 Å². The van der Waals surface area contributed by atoms with Crippen molar-refractivity contribution < 1.29 is 19.7 Å². The standard InChI is InChI=1S/C10H16O4/c11-3-4-14-10(9(12)13)6-7-1-2-8(10)5-7/h7-8,11H,1-6H2,(H,12,13). The zero-order valence-corrected chi connectivity index (χ0v) is 8.11. The Bertz CT molecular complexity index is 240. The normalized spacial score (nSPS) is 40.4. The molecule has 14 heavy (non-hydrogen) atoms. The van der Waals surface area contributed by atoms with E-state index in [1.807, 2.05) is 0 Å². The third kappa shape index (κ3) is 1.33. The van der Waals surface area contributed by atoms with Crippen molar-refractivity contribution in [1.29, 1.82) is 0 Å². The lowest BCUT2D eigenvalue weighted by molar-refractivity contribution is -0.175. The first kappa shape index (κ1) is 9.93. The quantitative estimate of drug-likeness (QED) is 0.698. The van der Waals surface area contributed by atoms with Gasteiger partial charge in [0.1, 0.15) is 0 Å². The molecule has 0 aromatic rings. The van der Waals surface area contributed by atoms with Gasteiger partial charge in [-0.2, -0.15) is 0 Å². The summed E-state index contributed by atoms with van der Waals surface area (Å²) in [5, 5.41) is 17.9. The maximum atomic E-state index is 11.2. The molecule has 4 nitrogen and oxygen atoms in total. The van der Waals surface area contributed by atoms with Crippen molar-refractivity contribution in [2.45, 2.75) is 31.3 Å². The molecule has 3 atom stereocenters. The summed E-state index contributed by atoms with van der Waals surface area (Å²) >= 11 is 0. The fourth-order valence-electron chi connectivity index (χ4n) is 3.01. The molecular formula is C10H16O4. The molecule has 4 heteroatoms. The minimum absolute atomic E-state index is 0.105. The van der Waals surface area contributed by atoms with Gasteiger partial charge in [0.05, 0.1) is 13.2 Å². The van der Waals surface area contributed by atoms with Crippen molar-refractivity contribution in [2.24, 2.45) is 11.8 Å². The lowest BCUT2D eigenvalue weighted by Gasteiger charge is -2.33. The fraction of sp³-hybridized carbons (Fsp3) is 0.900. The highest BCUT2D eigenvalue weighted by molar-refractivity contribution is 5.78. The van der Waals surface area contributed by atoms with Crippen LogP contribution in [0.3, 0.4) is 0 Å². The van der Waals surface area contributed by atoms with Crippen LogP contribution in [-0.4, -0.2) is 35.0 Å². The van der Waals surface area contributed by atoms with Crippen molar-refractivity contribution >= 4 is 5.97 Å². The highest BCUT2D eigenvalue weighted by Gasteiger charge is 2.56. The third-order valence-electron chi connectivity index (χ3n) is 3.61. The monoisotopic (exact) mass is 200 g/mol. The van der Waals surface area contributed by atoms with Crippen molar-refractivity contribution in [3.8, 4) is 0 Å². The highest BCUT2D eigenvalue weighted by atomic mass is 16.5. The van der Waals surface area contributed by atoms with Gasteiger partial charge in [0, 0.05) is 0 Å². The summed E-state index contributed by atoms with van der Waals surface area (Å²) in [6, 6.07) is 0. The van der Waals surface area contributed by atoms with E-state index in [1.165, 1.54) is 0 Å². The van der Waals surface area contributed by atoms with Crippen molar-refractivity contribution in [3.63, 3.8) is 0 Å². The minimum atomic E-state index is -0.981. The number of aliphatic carboxylic acids is 1. The molecule has 0 amide bonds. The third-order valence-corrected chi connectivity index (χ3v) is 3.61. The van der Waals surface area contributed by atoms with Gasteiger partial charge in [0.15, 0.2) is 5.60 Å². The van der Waals surface area contributed by atoms with Crippen LogP contribution in [-0.2, 0) is 9.53 Å². The molecule has 0 aliphatic heterocycles. The van der Waals surface area contributed by atoms with E-state index < -0.39 is 11.6 Å². The summed E-state index contributed by atoms with van der Waals surface area (Å²) in [5.74, 6) is -0.163. The average molecular weight is 200 g/mol. The van der Waals surface area contributed by atoms with E-state index in [2.05, 4.69) is 0 Å². The Balaban J connectivity index is 2.11. The van der Waals surface area contributed by atoms with E-state index in [0.717, 1.165) is 19.3 Å². The number of carboxylic acid groups (broad SMARTS) is 1. The van der Waals surface area contributed by atoms with Crippen LogP contribution in [0.15, 0.2) is 0 Å². The smallest absolute Gasteiger partial charge is 0.336 e. The number of carboxylic acids is 1. The molecule has 0 saturated heterocycles. The lowest BCUT2D eigenvalue weighted by Crippen LogP contribution is -2.46. The first-order chi connectivity index (χ1) is 6.69. The highest BCUT2D eigenvalue weighted by Crippen LogP contribution is 2.52. The first-order valence-electron chi connectivity index (χ1n) is 5.17. The SMILES string of the molecule is O=C(O)C1(OCCO)CC2CCC1C2. The van der Waals surface area contributed by atoms with Gasteiger partial charge in [-0.15, -0.1) is 0 Å². The van der Waals surface area contributed by atoms with Crippen molar-refractivity contribution in [1.82, 2.24) is 0 Å².